The van der Waals surface area contributed by atoms with Crippen LogP contribution < -0.4 is 5.73 Å². The first-order valence-electron chi connectivity index (χ1n) is 5.63. The molecular weight excluding hydrogens is 204 g/mol. The van der Waals surface area contributed by atoms with E-state index in [0.717, 1.165) is 12.8 Å². The van der Waals surface area contributed by atoms with Crippen LogP contribution in [0.1, 0.15) is 33.6 Å². The second-order valence-electron chi connectivity index (χ2n) is 5.51. The van der Waals surface area contributed by atoms with Gasteiger partial charge in [-0.05, 0) is 33.6 Å². The predicted molar refractivity (Wildman–Crippen MR) is 64.2 cm³/mol. The van der Waals surface area contributed by atoms with Crippen molar-refractivity contribution in [2.24, 2.45) is 5.73 Å². The molecule has 2 N–H and O–H groups in total. The fourth-order valence-corrected chi connectivity index (χ4v) is 1.83. The highest BCUT2D eigenvalue weighted by atomic mass is 16.6. The molecule has 0 aromatic heterocycles. The van der Waals surface area contributed by atoms with Crippen LogP contribution in [0.5, 0.6) is 0 Å². The molecule has 1 amide bonds. The predicted octanol–water partition coefficient (Wildman–Crippen LogP) is 1.90. The maximum atomic E-state index is 11.8. The Morgan fingerprint density at radius 3 is 2.75 bits per heavy atom. The first-order chi connectivity index (χ1) is 7.26. The van der Waals surface area contributed by atoms with Gasteiger partial charge in [0.05, 0.1) is 0 Å². The largest absolute Gasteiger partial charge is 0.444 e. The molecule has 1 saturated heterocycles. The van der Waals surface area contributed by atoms with Crippen LogP contribution in [0.3, 0.4) is 0 Å². The Morgan fingerprint density at radius 2 is 2.25 bits per heavy atom. The Morgan fingerprint density at radius 1 is 1.62 bits per heavy atom. The van der Waals surface area contributed by atoms with Gasteiger partial charge in [0.15, 0.2) is 0 Å². The zero-order valence-electron chi connectivity index (χ0n) is 10.5. The highest BCUT2D eigenvalue weighted by molar-refractivity contribution is 5.68. The Bertz CT molecular complexity index is 283. The second-order valence-corrected chi connectivity index (χ2v) is 5.51. The lowest BCUT2D eigenvalue weighted by Gasteiger charge is -2.26. The number of hydrogen-bond donors (Lipinski definition) is 1. The number of likely N-dealkylation sites (tertiary alicyclic amines) is 1. The number of rotatable bonds is 2. The number of hydrogen-bond acceptors (Lipinski definition) is 3. The van der Waals surface area contributed by atoms with Crippen molar-refractivity contribution in [3.63, 3.8) is 0 Å². The molecule has 1 aliphatic rings. The standard InChI is InChI=1S/C12H22N2O2/c1-5-6-12(13)7-8-14(9-12)10(15)16-11(2,3)4/h5H,1,6-9,13H2,2-4H3. The highest BCUT2D eigenvalue weighted by Gasteiger charge is 2.37. The first-order valence-corrected chi connectivity index (χ1v) is 5.63. The van der Waals surface area contributed by atoms with Crippen molar-refractivity contribution in [1.82, 2.24) is 4.90 Å². The fraction of sp³-hybridized carbons (Fsp3) is 0.750. The van der Waals surface area contributed by atoms with Crippen LogP contribution in [0, 0.1) is 0 Å². The molecule has 4 nitrogen and oxygen atoms in total. The summed E-state index contributed by atoms with van der Waals surface area (Å²) in [7, 11) is 0. The molecule has 1 atom stereocenters. The van der Waals surface area contributed by atoms with Gasteiger partial charge in [0.25, 0.3) is 0 Å². The normalized spacial score (nSPS) is 25.6. The molecule has 1 unspecified atom stereocenters. The van der Waals surface area contributed by atoms with Crippen LogP contribution >= 0.6 is 0 Å². The van der Waals surface area contributed by atoms with Crippen molar-refractivity contribution in [2.75, 3.05) is 13.1 Å². The summed E-state index contributed by atoms with van der Waals surface area (Å²) in [5.74, 6) is 0. The van der Waals surface area contributed by atoms with Gasteiger partial charge in [-0.1, -0.05) is 6.08 Å². The molecule has 0 aromatic rings. The van der Waals surface area contributed by atoms with E-state index in [1.807, 2.05) is 20.8 Å². The zero-order chi connectivity index (χ0) is 12.4. The smallest absolute Gasteiger partial charge is 0.410 e. The lowest BCUT2D eigenvalue weighted by Crippen LogP contribution is -2.44. The van der Waals surface area contributed by atoms with Crippen molar-refractivity contribution >= 4 is 6.09 Å². The molecular formula is C12H22N2O2. The molecule has 1 rings (SSSR count). The van der Waals surface area contributed by atoms with Gasteiger partial charge < -0.3 is 15.4 Å². The SMILES string of the molecule is C=CCC1(N)CCN(C(=O)OC(C)(C)C)C1. The van der Waals surface area contributed by atoms with Crippen LogP contribution in [0.2, 0.25) is 0 Å². The number of nitrogens with two attached hydrogens (primary N) is 1. The number of ether oxygens (including phenoxy) is 1. The van der Waals surface area contributed by atoms with E-state index in [0.29, 0.717) is 13.1 Å². The maximum Gasteiger partial charge on any atom is 0.410 e. The molecule has 4 heteroatoms. The summed E-state index contributed by atoms with van der Waals surface area (Å²) in [6.45, 7) is 10.5. The summed E-state index contributed by atoms with van der Waals surface area (Å²) in [4.78, 5) is 13.5. The van der Waals surface area contributed by atoms with E-state index in [1.54, 1.807) is 11.0 Å². The van der Waals surface area contributed by atoms with Gasteiger partial charge in [-0.3, -0.25) is 0 Å². The number of nitrogens with zero attached hydrogens (tertiary/aromatic N) is 1. The van der Waals surface area contributed by atoms with Crippen molar-refractivity contribution in [3.05, 3.63) is 12.7 Å². The molecule has 1 aliphatic heterocycles. The minimum absolute atomic E-state index is 0.274. The van der Waals surface area contributed by atoms with Crippen molar-refractivity contribution in [1.29, 1.82) is 0 Å². The van der Waals surface area contributed by atoms with Crippen molar-refractivity contribution in [3.8, 4) is 0 Å². The van der Waals surface area contributed by atoms with Gasteiger partial charge in [-0.2, -0.15) is 0 Å². The average molecular weight is 226 g/mol. The van der Waals surface area contributed by atoms with Crippen molar-refractivity contribution < 1.29 is 9.53 Å². The molecule has 0 aliphatic carbocycles. The van der Waals surface area contributed by atoms with E-state index < -0.39 is 5.60 Å². The summed E-state index contributed by atoms with van der Waals surface area (Å²) in [6.07, 6.45) is 3.06. The van der Waals surface area contributed by atoms with Gasteiger partial charge >= 0.3 is 6.09 Å². The molecule has 0 radical (unpaired) electrons. The molecule has 92 valence electrons. The number of carbonyl (C=O) groups excluding carboxylic acids is 1. The summed E-state index contributed by atoms with van der Waals surface area (Å²) >= 11 is 0. The summed E-state index contributed by atoms with van der Waals surface area (Å²) in [5, 5.41) is 0. The molecule has 0 bridgehead atoms. The van der Waals surface area contributed by atoms with Crippen LogP contribution in [-0.4, -0.2) is 35.2 Å². The second kappa shape index (κ2) is 4.45. The Kier molecular flexibility index (Phi) is 3.63. The van der Waals surface area contributed by atoms with E-state index in [4.69, 9.17) is 10.5 Å². The quantitative estimate of drug-likeness (QED) is 0.732. The van der Waals surface area contributed by atoms with Crippen LogP contribution in [0.4, 0.5) is 4.79 Å². The molecule has 0 aromatic carbocycles. The van der Waals surface area contributed by atoms with E-state index >= 15 is 0 Å². The van der Waals surface area contributed by atoms with Crippen LogP contribution in [-0.2, 0) is 4.74 Å². The molecule has 1 heterocycles. The van der Waals surface area contributed by atoms with Crippen LogP contribution in [0.25, 0.3) is 0 Å². The molecule has 1 fully saturated rings. The topological polar surface area (TPSA) is 55.6 Å². The third kappa shape index (κ3) is 3.52. The first kappa shape index (κ1) is 13.0. The molecule has 0 spiro atoms. The van der Waals surface area contributed by atoms with E-state index in [-0.39, 0.29) is 11.6 Å². The Hall–Kier alpha value is -1.03. The van der Waals surface area contributed by atoms with E-state index in [9.17, 15) is 4.79 Å². The van der Waals surface area contributed by atoms with E-state index in [2.05, 4.69) is 6.58 Å². The summed E-state index contributed by atoms with van der Waals surface area (Å²) in [6, 6.07) is 0. The summed E-state index contributed by atoms with van der Waals surface area (Å²) in [5.41, 5.74) is 5.37. The Labute approximate surface area is 97.4 Å². The minimum atomic E-state index is -0.449. The average Bonchev–Trinajstić information content (AvgIpc) is 2.45. The fourth-order valence-electron chi connectivity index (χ4n) is 1.83. The minimum Gasteiger partial charge on any atom is -0.444 e. The van der Waals surface area contributed by atoms with Gasteiger partial charge in [0.1, 0.15) is 5.60 Å². The Balaban J connectivity index is 2.53. The van der Waals surface area contributed by atoms with Crippen LogP contribution in [0.15, 0.2) is 12.7 Å². The third-order valence-corrected chi connectivity index (χ3v) is 2.59. The lowest BCUT2D eigenvalue weighted by molar-refractivity contribution is 0.0285. The molecule has 16 heavy (non-hydrogen) atoms. The third-order valence-electron chi connectivity index (χ3n) is 2.59. The highest BCUT2D eigenvalue weighted by Crippen LogP contribution is 2.24. The van der Waals surface area contributed by atoms with Gasteiger partial charge in [-0.15, -0.1) is 6.58 Å². The zero-order valence-corrected chi connectivity index (χ0v) is 10.5. The van der Waals surface area contributed by atoms with Crippen molar-refractivity contribution in [2.45, 2.75) is 44.8 Å². The maximum absolute atomic E-state index is 11.8. The number of amides is 1. The van der Waals surface area contributed by atoms with E-state index in [1.165, 1.54) is 0 Å². The van der Waals surface area contributed by atoms with Gasteiger partial charge in [0.2, 0.25) is 0 Å². The van der Waals surface area contributed by atoms with Gasteiger partial charge in [-0.25, -0.2) is 4.79 Å². The number of carbonyl (C=O) groups is 1. The lowest BCUT2D eigenvalue weighted by atomic mass is 9.96. The molecule has 0 saturated carbocycles. The van der Waals surface area contributed by atoms with Gasteiger partial charge in [0, 0.05) is 18.6 Å². The monoisotopic (exact) mass is 226 g/mol. The summed E-state index contributed by atoms with van der Waals surface area (Å²) < 4.78 is 5.30.